The van der Waals surface area contributed by atoms with E-state index < -0.39 is 5.97 Å². The third-order valence-corrected chi connectivity index (χ3v) is 2.19. The van der Waals surface area contributed by atoms with Crippen LogP contribution < -0.4 is 5.32 Å². The molecule has 0 aromatic carbocycles. The van der Waals surface area contributed by atoms with Crippen molar-refractivity contribution in [3.63, 3.8) is 0 Å². The van der Waals surface area contributed by atoms with Gasteiger partial charge in [0.25, 0.3) is 0 Å². The van der Waals surface area contributed by atoms with E-state index in [1.54, 1.807) is 12.3 Å². The number of nitrogens with zero attached hydrogens (tertiary/aromatic N) is 1. The van der Waals surface area contributed by atoms with Crippen molar-refractivity contribution in [3.05, 3.63) is 18.0 Å². The first-order valence-electron chi connectivity index (χ1n) is 5.11. The Balaban J connectivity index is 2.40. The second-order valence-electron chi connectivity index (χ2n) is 3.53. The van der Waals surface area contributed by atoms with Gasteiger partial charge in [-0.15, -0.1) is 0 Å². The molecule has 0 bridgehead atoms. The Morgan fingerprint density at radius 2 is 2.38 bits per heavy atom. The smallest absolute Gasteiger partial charge is 0.305 e. The van der Waals surface area contributed by atoms with Crippen LogP contribution in [0.5, 0.6) is 0 Å². The van der Waals surface area contributed by atoms with Gasteiger partial charge >= 0.3 is 5.97 Å². The molecule has 0 radical (unpaired) electrons. The van der Waals surface area contributed by atoms with Crippen LogP contribution in [0.3, 0.4) is 0 Å². The summed E-state index contributed by atoms with van der Waals surface area (Å²) in [6, 6.07) is 1.39. The summed E-state index contributed by atoms with van der Waals surface area (Å²) in [4.78, 5) is 22.0. The lowest BCUT2D eigenvalue weighted by Crippen LogP contribution is -2.37. The molecule has 1 amide bonds. The van der Waals surface area contributed by atoms with Crippen LogP contribution in [-0.4, -0.2) is 33.2 Å². The number of nitrogens with one attached hydrogen (secondary N) is 2. The third kappa shape index (κ3) is 4.12. The summed E-state index contributed by atoms with van der Waals surface area (Å²) in [5, 5.41) is 17.7. The molecule has 16 heavy (non-hydrogen) atoms. The van der Waals surface area contributed by atoms with E-state index >= 15 is 0 Å². The van der Waals surface area contributed by atoms with Crippen molar-refractivity contribution in [2.45, 2.75) is 32.2 Å². The van der Waals surface area contributed by atoms with E-state index in [1.807, 2.05) is 6.92 Å². The van der Waals surface area contributed by atoms with Gasteiger partial charge in [0.2, 0.25) is 5.91 Å². The number of amides is 1. The van der Waals surface area contributed by atoms with Gasteiger partial charge in [0, 0.05) is 17.9 Å². The van der Waals surface area contributed by atoms with Crippen molar-refractivity contribution in [2.75, 3.05) is 0 Å². The summed E-state index contributed by atoms with van der Waals surface area (Å²) >= 11 is 0. The molecule has 0 saturated carbocycles. The molecule has 0 fully saturated rings. The summed E-state index contributed by atoms with van der Waals surface area (Å²) in [5.74, 6) is -1.11. The van der Waals surface area contributed by atoms with Crippen LogP contribution in [-0.2, 0) is 16.0 Å². The fourth-order valence-electron chi connectivity index (χ4n) is 1.34. The summed E-state index contributed by atoms with van der Waals surface area (Å²) in [5.41, 5.74) is 0.711. The Kier molecular flexibility index (Phi) is 4.50. The topological polar surface area (TPSA) is 95.1 Å². The number of aliphatic carboxylic acids is 1. The highest BCUT2D eigenvalue weighted by molar-refractivity contribution is 5.79. The van der Waals surface area contributed by atoms with E-state index in [0.29, 0.717) is 12.1 Å². The first kappa shape index (κ1) is 12.2. The number of carboxylic acid groups (broad SMARTS) is 1. The molecular formula is C10H15N3O3. The van der Waals surface area contributed by atoms with Gasteiger partial charge in [-0.1, -0.05) is 6.92 Å². The highest BCUT2D eigenvalue weighted by atomic mass is 16.4. The second-order valence-corrected chi connectivity index (χ2v) is 3.53. The van der Waals surface area contributed by atoms with Gasteiger partial charge in [-0.25, -0.2) is 0 Å². The molecule has 1 unspecified atom stereocenters. The minimum Gasteiger partial charge on any atom is -0.481 e. The van der Waals surface area contributed by atoms with Crippen LogP contribution >= 0.6 is 0 Å². The first-order chi connectivity index (χ1) is 7.61. The Bertz CT molecular complexity index is 348. The summed E-state index contributed by atoms with van der Waals surface area (Å²) < 4.78 is 0. The number of hydrogen-bond donors (Lipinski definition) is 3. The van der Waals surface area contributed by atoms with E-state index in [9.17, 15) is 9.59 Å². The number of carboxylic acids is 1. The molecule has 0 aliphatic rings. The lowest BCUT2D eigenvalue weighted by Gasteiger charge is -2.14. The number of aromatic amines is 1. The highest BCUT2D eigenvalue weighted by Crippen LogP contribution is 1.99. The summed E-state index contributed by atoms with van der Waals surface area (Å²) in [6.45, 7) is 1.84. The summed E-state index contributed by atoms with van der Waals surface area (Å²) in [7, 11) is 0. The SMILES string of the molecule is CCC(CC(=O)O)NC(=O)Cc1ccn[nH]1. The fourth-order valence-corrected chi connectivity index (χ4v) is 1.34. The Hall–Kier alpha value is -1.85. The minimum absolute atomic E-state index is 0.0504. The lowest BCUT2D eigenvalue weighted by molar-refractivity contribution is -0.137. The number of rotatable bonds is 6. The van der Waals surface area contributed by atoms with E-state index in [-0.39, 0.29) is 24.8 Å². The van der Waals surface area contributed by atoms with Crippen LogP contribution in [0.4, 0.5) is 0 Å². The largest absolute Gasteiger partial charge is 0.481 e. The molecule has 1 atom stereocenters. The van der Waals surface area contributed by atoms with Gasteiger partial charge in [-0.05, 0) is 12.5 Å². The Labute approximate surface area is 93.1 Å². The molecule has 1 aromatic rings. The maximum absolute atomic E-state index is 11.5. The average molecular weight is 225 g/mol. The molecule has 88 valence electrons. The average Bonchev–Trinajstić information content (AvgIpc) is 2.68. The maximum atomic E-state index is 11.5. The van der Waals surface area contributed by atoms with Crippen LogP contribution in [0.2, 0.25) is 0 Å². The Morgan fingerprint density at radius 3 is 2.88 bits per heavy atom. The first-order valence-corrected chi connectivity index (χ1v) is 5.11. The maximum Gasteiger partial charge on any atom is 0.305 e. The summed E-state index contributed by atoms with van der Waals surface area (Å²) in [6.07, 6.45) is 2.31. The van der Waals surface area contributed by atoms with Gasteiger partial charge in [-0.2, -0.15) is 5.10 Å². The van der Waals surface area contributed by atoms with E-state index in [2.05, 4.69) is 15.5 Å². The molecule has 6 nitrogen and oxygen atoms in total. The molecule has 0 aliphatic carbocycles. The monoisotopic (exact) mass is 225 g/mol. The zero-order chi connectivity index (χ0) is 12.0. The number of H-pyrrole nitrogens is 1. The number of carbonyl (C=O) groups excluding carboxylic acids is 1. The molecule has 1 aromatic heterocycles. The molecule has 1 heterocycles. The predicted octanol–water partition coefficient (Wildman–Crippen LogP) is 0.322. The molecular weight excluding hydrogens is 210 g/mol. The molecule has 0 aliphatic heterocycles. The van der Waals surface area contributed by atoms with Crippen molar-refractivity contribution < 1.29 is 14.7 Å². The zero-order valence-electron chi connectivity index (χ0n) is 9.06. The highest BCUT2D eigenvalue weighted by Gasteiger charge is 2.14. The normalized spacial score (nSPS) is 12.1. The number of aromatic nitrogens is 2. The van der Waals surface area contributed by atoms with E-state index in [4.69, 9.17) is 5.11 Å². The van der Waals surface area contributed by atoms with Crippen molar-refractivity contribution >= 4 is 11.9 Å². The van der Waals surface area contributed by atoms with Crippen molar-refractivity contribution in [1.82, 2.24) is 15.5 Å². The van der Waals surface area contributed by atoms with Gasteiger partial charge in [-0.3, -0.25) is 14.7 Å². The zero-order valence-corrected chi connectivity index (χ0v) is 9.06. The van der Waals surface area contributed by atoms with Crippen LogP contribution in [0, 0.1) is 0 Å². The van der Waals surface area contributed by atoms with Crippen molar-refractivity contribution in [2.24, 2.45) is 0 Å². The molecule has 0 saturated heterocycles. The number of carbonyl (C=O) groups is 2. The standard InChI is InChI=1S/C10H15N3O3/c1-2-7(6-10(15)16)12-9(14)5-8-3-4-11-13-8/h3-4,7H,2,5-6H2,1H3,(H,11,13)(H,12,14)(H,15,16). The van der Waals surface area contributed by atoms with Crippen molar-refractivity contribution in [1.29, 1.82) is 0 Å². The van der Waals surface area contributed by atoms with Crippen LogP contribution in [0.25, 0.3) is 0 Å². The molecule has 3 N–H and O–H groups in total. The van der Waals surface area contributed by atoms with Gasteiger partial charge < -0.3 is 10.4 Å². The molecule has 0 spiro atoms. The number of hydrogen-bond acceptors (Lipinski definition) is 3. The third-order valence-electron chi connectivity index (χ3n) is 2.19. The van der Waals surface area contributed by atoms with Crippen molar-refractivity contribution in [3.8, 4) is 0 Å². The van der Waals surface area contributed by atoms with Gasteiger partial charge in [0.05, 0.1) is 12.8 Å². The van der Waals surface area contributed by atoms with E-state index in [0.717, 1.165) is 0 Å². The van der Waals surface area contributed by atoms with Gasteiger partial charge in [0.15, 0.2) is 0 Å². The predicted molar refractivity (Wildman–Crippen MR) is 56.8 cm³/mol. The molecule has 1 rings (SSSR count). The minimum atomic E-state index is -0.909. The fraction of sp³-hybridized carbons (Fsp3) is 0.500. The lowest BCUT2D eigenvalue weighted by atomic mass is 10.1. The molecule has 6 heteroatoms. The second kappa shape index (κ2) is 5.89. The quantitative estimate of drug-likeness (QED) is 0.649. The van der Waals surface area contributed by atoms with E-state index in [1.165, 1.54) is 0 Å². The van der Waals surface area contributed by atoms with Crippen LogP contribution in [0.1, 0.15) is 25.5 Å². The Morgan fingerprint density at radius 1 is 1.62 bits per heavy atom. The van der Waals surface area contributed by atoms with Gasteiger partial charge in [0.1, 0.15) is 0 Å². The van der Waals surface area contributed by atoms with Crippen LogP contribution in [0.15, 0.2) is 12.3 Å².